The fourth-order valence-corrected chi connectivity index (χ4v) is 3.37. The van der Waals surface area contributed by atoms with E-state index in [-0.39, 0.29) is 10.7 Å². The quantitative estimate of drug-likeness (QED) is 0.787. The third-order valence-corrected chi connectivity index (χ3v) is 4.70. The fourth-order valence-electron chi connectivity index (χ4n) is 1.56. The number of rotatable bonds is 6. The van der Waals surface area contributed by atoms with Gasteiger partial charge in [0.05, 0.1) is 5.75 Å². The van der Waals surface area contributed by atoms with Gasteiger partial charge in [0.25, 0.3) is 0 Å². The molecule has 19 heavy (non-hydrogen) atoms. The van der Waals surface area contributed by atoms with Crippen molar-refractivity contribution in [2.24, 2.45) is 5.73 Å². The van der Waals surface area contributed by atoms with E-state index >= 15 is 0 Å². The minimum atomic E-state index is -3.38. The molecule has 0 saturated heterocycles. The van der Waals surface area contributed by atoms with Crippen molar-refractivity contribution in [1.82, 2.24) is 4.72 Å². The number of nitrogens with one attached hydrogen (secondary N) is 1. The van der Waals surface area contributed by atoms with Crippen LogP contribution in [-0.2, 0) is 15.8 Å². The molecule has 106 valence electrons. The summed E-state index contributed by atoms with van der Waals surface area (Å²) in [5.41, 5.74) is 6.44. The molecule has 0 heterocycles. The van der Waals surface area contributed by atoms with E-state index in [2.05, 4.69) is 4.72 Å². The average molecular weight is 300 g/mol. The maximum Gasteiger partial charge on any atom is 0.216 e. The van der Waals surface area contributed by atoms with Crippen molar-refractivity contribution in [3.63, 3.8) is 0 Å². The summed E-state index contributed by atoms with van der Waals surface area (Å²) in [6, 6.07) is 6.98. The molecule has 0 aliphatic heterocycles. The third-order valence-electron chi connectivity index (χ3n) is 2.88. The van der Waals surface area contributed by atoms with Gasteiger partial charge in [0, 0.05) is 11.1 Å². The molecule has 1 aromatic rings. The maximum atomic E-state index is 12.1. The molecule has 0 radical (unpaired) electrons. The number of hydrogen-bond donors (Lipinski definition) is 2. The Morgan fingerprint density at radius 1 is 1.42 bits per heavy atom. The summed E-state index contributed by atoms with van der Waals surface area (Å²) in [4.78, 5) is 0.265. The monoisotopic (exact) mass is 300 g/mol. The van der Waals surface area contributed by atoms with Gasteiger partial charge in [0.1, 0.15) is 4.99 Å². The van der Waals surface area contributed by atoms with Gasteiger partial charge in [0.15, 0.2) is 0 Å². The Morgan fingerprint density at radius 2 is 2.05 bits per heavy atom. The van der Waals surface area contributed by atoms with Gasteiger partial charge in [-0.3, -0.25) is 0 Å². The molecular weight excluding hydrogens is 280 g/mol. The van der Waals surface area contributed by atoms with Crippen LogP contribution >= 0.6 is 12.2 Å². The standard InChI is InChI=1S/C13H20N2O2S2/c1-4-13(2,3)15-19(16,17)9-10-6-5-7-11(8-10)12(14)18/h5-8,15H,4,9H2,1-3H3,(H2,14,18). The topological polar surface area (TPSA) is 72.2 Å². The molecule has 0 amide bonds. The molecule has 0 aliphatic rings. The Bertz CT molecular complexity index is 566. The SMILES string of the molecule is CCC(C)(C)NS(=O)(=O)Cc1cccc(C(N)=S)c1. The van der Waals surface area contributed by atoms with Crippen molar-refractivity contribution in [2.75, 3.05) is 0 Å². The highest BCUT2D eigenvalue weighted by Gasteiger charge is 2.23. The summed E-state index contributed by atoms with van der Waals surface area (Å²) in [6.07, 6.45) is 0.721. The zero-order chi connectivity index (χ0) is 14.7. The molecule has 4 nitrogen and oxygen atoms in total. The van der Waals surface area contributed by atoms with E-state index in [1.165, 1.54) is 0 Å². The van der Waals surface area contributed by atoms with E-state index in [4.69, 9.17) is 18.0 Å². The maximum absolute atomic E-state index is 12.1. The van der Waals surface area contributed by atoms with Crippen LogP contribution < -0.4 is 10.5 Å². The van der Waals surface area contributed by atoms with Gasteiger partial charge in [-0.05, 0) is 31.9 Å². The molecule has 0 unspecified atom stereocenters. The minimum absolute atomic E-state index is 0.0765. The Kier molecular flexibility index (Phi) is 5.06. The number of benzene rings is 1. The number of nitrogens with two attached hydrogens (primary N) is 1. The molecule has 1 aromatic carbocycles. The van der Waals surface area contributed by atoms with Crippen LogP contribution in [0.1, 0.15) is 38.3 Å². The lowest BCUT2D eigenvalue weighted by Crippen LogP contribution is -2.43. The van der Waals surface area contributed by atoms with E-state index < -0.39 is 15.6 Å². The molecule has 3 N–H and O–H groups in total. The number of sulfonamides is 1. The molecule has 6 heteroatoms. The zero-order valence-electron chi connectivity index (χ0n) is 11.4. The van der Waals surface area contributed by atoms with Gasteiger partial charge in [-0.2, -0.15) is 0 Å². The highest BCUT2D eigenvalue weighted by molar-refractivity contribution is 7.88. The predicted molar refractivity (Wildman–Crippen MR) is 82.5 cm³/mol. The van der Waals surface area contributed by atoms with Gasteiger partial charge in [-0.25, -0.2) is 13.1 Å². The van der Waals surface area contributed by atoms with Gasteiger partial charge in [-0.1, -0.05) is 37.3 Å². The van der Waals surface area contributed by atoms with E-state index in [0.29, 0.717) is 11.1 Å². The van der Waals surface area contributed by atoms with Gasteiger partial charge < -0.3 is 5.73 Å². The molecular formula is C13H20N2O2S2. The number of hydrogen-bond acceptors (Lipinski definition) is 3. The Balaban J connectivity index is 2.90. The average Bonchev–Trinajstić information content (AvgIpc) is 2.27. The second kappa shape index (κ2) is 5.98. The summed E-state index contributed by atoms with van der Waals surface area (Å²) in [7, 11) is -3.38. The van der Waals surface area contributed by atoms with Crippen molar-refractivity contribution in [2.45, 2.75) is 38.5 Å². The van der Waals surface area contributed by atoms with Crippen LogP contribution in [0.2, 0.25) is 0 Å². The molecule has 0 fully saturated rings. The first-order chi connectivity index (χ1) is 8.65. The minimum Gasteiger partial charge on any atom is -0.389 e. The molecule has 0 atom stereocenters. The first-order valence-electron chi connectivity index (χ1n) is 6.05. The van der Waals surface area contributed by atoms with Crippen LogP contribution in [0, 0.1) is 0 Å². The summed E-state index contributed by atoms with van der Waals surface area (Å²) >= 11 is 4.88. The lowest BCUT2D eigenvalue weighted by atomic mass is 10.0. The van der Waals surface area contributed by atoms with Crippen LogP contribution in [-0.4, -0.2) is 18.9 Å². The summed E-state index contributed by atoms with van der Waals surface area (Å²) in [5.74, 6) is -0.0765. The Labute approximate surface area is 120 Å². The Morgan fingerprint density at radius 3 is 2.58 bits per heavy atom. The van der Waals surface area contributed by atoms with Crippen molar-refractivity contribution < 1.29 is 8.42 Å². The van der Waals surface area contributed by atoms with Crippen molar-refractivity contribution >= 4 is 27.2 Å². The normalized spacial score (nSPS) is 12.4. The molecule has 0 saturated carbocycles. The van der Waals surface area contributed by atoms with Crippen LogP contribution in [0.4, 0.5) is 0 Å². The van der Waals surface area contributed by atoms with E-state index in [1.54, 1.807) is 24.3 Å². The molecule has 0 aromatic heterocycles. The van der Waals surface area contributed by atoms with Crippen LogP contribution in [0.25, 0.3) is 0 Å². The highest BCUT2D eigenvalue weighted by Crippen LogP contribution is 2.13. The second-order valence-electron chi connectivity index (χ2n) is 5.16. The first-order valence-corrected chi connectivity index (χ1v) is 8.12. The van der Waals surface area contributed by atoms with Gasteiger partial charge in [-0.15, -0.1) is 0 Å². The summed E-state index contributed by atoms with van der Waals surface area (Å²) in [5, 5.41) is 0. The van der Waals surface area contributed by atoms with Crippen LogP contribution in [0.3, 0.4) is 0 Å². The first kappa shape index (κ1) is 16.1. The Hall–Kier alpha value is -0.980. The zero-order valence-corrected chi connectivity index (χ0v) is 13.1. The van der Waals surface area contributed by atoms with Gasteiger partial charge in [0.2, 0.25) is 10.0 Å². The number of thiocarbonyl (C=S) groups is 1. The van der Waals surface area contributed by atoms with Crippen molar-refractivity contribution in [3.8, 4) is 0 Å². The summed E-state index contributed by atoms with van der Waals surface area (Å²) in [6.45, 7) is 5.65. The van der Waals surface area contributed by atoms with Crippen molar-refractivity contribution in [1.29, 1.82) is 0 Å². The molecule has 0 aliphatic carbocycles. The largest absolute Gasteiger partial charge is 0.389 e. The third kappa shape index (κ3) is 5.26. The fraction of sp³-hybridized carbons (Fsp3) is 0.462. The molecule has 0 bridgehead atoms. The second-order valence-corrected chi connectivity index (χ2v) is 7.33. The molecule has 0 spiro atoms. The smallest absolute Gasteiger partial charge is 0.216 e. The lowest BCUT2D eigenvalue weighted by Gasteiger charge is -2.24. The predicted octanol–water partition coefficient (Wildman–Crippen LogP) is 1.93. The van der Waals surface area contributed by atoms with E-state index in [0.717, 1.165) is 6.42 Å². The van der Waals surface area contributed by atoms with E-state index in [9.17, 15) is 8.42 Å². The van der Waals surface area contributed by atoms with Gasteiger partial charge >= 0.3 is 0 Å². The lowest BCUT2D eigenvalue weighted by molar-refractivity contribution is 0.439. The summed E-state index contributed by atoms with van der Waals surface area (Å²) < 4.78 is 26.8. The van der Waals surface area contributed by atoms with E-state index in [1.807, 2.05) is 20.8 Å². The van der Waals surface area contributed by atoms with Crippen LogP contribution in [0.5, 0.6) is 0 Å². The highest BCUT2D eigenvalue weighted by atomic mass is 32.2. The molecule has 1 rings (SSSR count). The van der Waals surface area contributed by atoms with Crippen LogP contribution in [0.15, 0.2) is 24.3 Å². The van der Waals surface area contributed by atoms with Crippen molar-refractivity contribution in [3.05, 3.63) is 35.4 Å².